The minimum Gasteiger partial charge on any atom is -0.463 e. The number of hydrogen-bond acceptors (Lipinski definition) is 11. The molecule has 1 fully saturated rings. The Labute approximate surface area is 248 Å². The summed E-state index contributed by atoms with van der Waals surface area (Å²) in [5.41, 5.74) is 0. The highest BCUT2D eigenvalue weighted by Gasteiger charge is 2.51. The topological polar surface area (TPSA) is 203 Å². The summed E-state index contributed by atoms with van der Waals surface area (Å²) >= 11 is 0. The average Bonchev–Trinajstić information content (AvgIpc) is 2.96. The maximum absolute atomic E-state index is 12.1. The van der Waals surface area contributed by atoms with Crippen LogP contribution in [-0.4, -0.2) is 97.4 Å². The molecular weight excluding hydrogens is 571 g/mol. The monoisotopic (exact) mass is 620 g/mol. The first kappa shape index (κ1) is 38.3. The molecule has 0 aliphatic heterocycles. The zero-order valence-electron chi connectivity index (χ0n) is 24.3. The number of allylic oxidation sites excluding steroid dienone is 8. The summed E-state index contributed by atoms with van der Waals surface area (Å²) in [6.07, 6.45) is 12.5. The van der Waals surface area contributed by atoms with Gasteiger partial charge in [0.25, 0.3) is 0 Å². The number of hydrogen-bond donors (Lipinski definition) is 7. The van der Waals surface area contributed by atoms with Crippen molar-refractivity contribution in [1.82, 2.24) is 0 Å². The van der Waals surface area contributed by atoms with Crippen LogP contribution in [0.3, 0.4) is 0 Å². The minimum absolute atomic E-state index is 0.112. The first-order valence-corrected chi connectivity index (χ1v) is 16.0. The number of aliphatic hydroxyl groups is 6. The molecule has 1 aliphatic carbocycles. The summed E-state index contributed by atoms with van der Waals surface area (Å²) in [6.45, 7) is 0.894. The van der Waals surface area contributed by atoms with Crippen molar-refractivity contribution in [2.75, 3.05) is 13.2 Å². The Balaban J connectivity index is 2.15. The van der Waals surface area contributed by atoms with E-state index in [1.165, 1.54) is 19.3 Å². The molecule has 0 aromatic rings. The van der Waals surface area contributed by atoms with Crippen molar-refractivity contribution in [2.24, 2.45) is 0 Å². The summed E-state index contributed by atoms with van der Waals surface area (Å²) in [6, 6.07) is 0. The molecule has 6 unspecified atom stereocenters. The second-order valence-corrected chi connectivity index (χ2v) is 11.5. The largest absolute Gasteiger partial charge is 0.472 e. The highest BCUT2D eigenvalue weighted by atomic mass is 31.2. The van der Waals surface area contributed by atoms with Crippen LogP contribution in [0.4, 0.5) is 0 Å². The molecular formula is C29H49O12P. The van der Waals surface area contributed by atoms with E-state index in [1.54, 1.807) is 0 Å². The molecule has 42 heavy (non-hydrogen) atoms. The molecule has 0 aromatic heterocycles. The third kappa shape index (κ3) is 16.2. The van der Waals surface area contributed by atoms with Gasteiger partial charge < -0.3 is 40.3 Å². The van der Waals surface area contributed by atoms with Crippen molar-refractivity contribution in [1.29, 1.82) is 0 Å². The molecule has 13 heteroatoms. The number of phosphoric acid groups is 1. The van der Waals surface area contributed by atoms with Crippen LogP contribution >= 0.6 is 7.82 Å². The van der Waals surface area contributed by atoms with Crippen LogP contribution in [0.25, 0.3) is 0 Å². The zero-order valence-corrected chi connectivity index (χ0v) is 25.2. The SMILES string of the molecule is CCCCC/C=C\C/C=C\C/C=C\C/C=C\CCCC(=O)OC[C@@H](O)COP(=O)(O)OC1C(O)C(O)C(O)[C@@H](O)C1O. The van der Waals surface area contributed by atoms with E-state index < -0.39 is 69.7 Å². The van der Waals surface area contributed by atoms with Gasteiger partial charge in [-0.3, -0.25) is 13.8 Å². The van der Waals surface area contributed by atoms with Crippen LogP contribution in [0.5, 0.6) is 0 Å². The summed E-state index contributed by atoms with van der Waals surface area (Å²) < 4.78 is 26.3. The smallest absolute Gasteiger partial charge is 0.463 e. The summed E-state index contributed by atoms with van der Waals surface area (Å²) in [5, 5.41) is 58.5. The van der Waals surface area contributed by atoms with Gasteiger partial charge in [0.2, 0.25) is 0 Å². The maximum Gasteiger partial charge on any atom is 0.472 e. The van der Waals surface area contributed by atoms with Gasteiger partial charge in [-0.1, -0.05) is 68.4 Å². The van der Waals surface area contributed by atoms with Gasteiger partial charge in [0, 0.05) is 6.42 Å². The van der Waals surface area contributed by atoms with E-state index in [-0.39, 0.29) is 6.42 Å². The number of aliphatic hydroxyl groups excluding tert-OH is 6. The fourth-order valence-corrected chi connectivity index (χ4v) is 4.90. The Kier molecular flexibility index (Phi) is 20.0. The number of ether oxygens (including phenoxy) is 1. The Morgan fingerprint density at radius 2 is 1.21 bits per heavy atom. The Morgan fingerprint density at radius 3 is 1.74 bits per heavy atom. The highest BCUT2D eigenvalue weighted by Crippen LogP contribution is 2.47. The van der Waals surface area contributed by atoms with E-state index in [4.69, 9.17) is 4.74 Å². The summed E-state index contributed by atoms with van der Waals surface area (Å²) in [4.78, 5) is 21.7. The van der Waals surface area contributed by atoms with Crippen molar-refractivity contribution < 1.29 is 58.7 Å². The number of unbranched alkanes of at least 4 members (excludes halogenated alkanes) is 4. The lowest BCUT2D eigenvalue weighted by molar-refractivity contribution is -0.220. The molecule has 0 aromatic carbocycles. The fraction of sp³-hybridized carbons (Fsp3) is 0.690. The molecule has 242 valence electrons. The van der Waals surface area contributed by atoms with Crippen LogP contribution in [0, 0.1) is 0 Å². The second kappa shape index (κ2) is 21.9. The minimum atomic E-state index is -5.00. The first-order valence-electron chi connectivity index (χ1n) is 14.5. The van der Waals surface area contributed by atoms with Crippen molar-refractivity contribution in [2.45, 2.75) is 114 Å². The first-order chi connectivity index (χ1) is 20.0. The quantitative estimate of drug-likeness (QED) is 0.0428. The highest BCUT2D eigenvalue weighted by molar-refractivity contribution is 7.47. The lowest BCUT2D eigenvalue weighted by Gasteiger charge is -2.41. The number of carbonyl (C=O) groups excluding carboxylic acids is 1. The third-order valence-electron chi connectivity index (χ3n) is 6.40. The van der Waals surface area contributed by atoms with Gasteiger partial charge in [0.15, 0.2) is 0 Å². The van der Waals surface area contributed by atoms with Crippen LogP contribution in [0.15, 0.2) is 48.6 Å². The van der Waals surface area contributed by atoms with Crippen molar-refractivity contribution >= 4 is 13.8 Å². The second-order valence-electron chi connectivity index (χ2n) is 10.1. The molecule has 8 atom stereocenters. The third-order valence-corrected chi connectivity index (χ3v) is 7.39. The maximum atomic E-state index is 12.1. The van der Waals surface area contributed by atoms with E-state index in [9.17, 15) is 44.9 Å². The normalized spacial score (nSPS) is 27.3. The number of carbonyl (C=O) groups is 1. The molecule has 12 nitrogen and oxygen atoms in total. The Hall–Kier alpha value is -1.70. The van der Waals surface area contributed by atoms with Crippen molar-refractivity contribution in [3.63, 3.8) is 0 Å². The molecule has 1 rings (SSSR count). The molecule has 1 saturated carbocycles. The van der Waals surface area contributed by atoms with Gasteiger partial charge >= 0.3 is 13.8 Å². The summed E-state index contributed by atoms with van der Waals surface area (Å²) in [5.74, 6) is -0.566. The molecule has 0 spiro atoms. The van der Waals surface area contributed by atoms with Gasteiger partial charge in [-0.2, -0.15) is 0 Å². The number of phosphoric ester groups is 1. The van der Waals surface area contributed by atoms with Gasteiger partial charge in [-0.25, -0.2) is 4.57 Å². The molecule has 0 bridgehead atoms. The molecule has 0 saturated heterocycles. The summed E-state index contributed by atoms with van der Waals surface area (Å²) in [7, 11) is -5.00. The molecule has 0 heterocycles. The van der Waals surface area contributed by atoms with E-state index in [1.807, 2.05) is 12.2 Å². The van der Waals surface area contributed by atoms with Gasteiger partial charge in [0.1, 0.15) is 49.3 Å². The van der Waals surface area contributed by atoms with Gasteiger partial charge in [-0.15, -0.1) is 0 Å². The van der Waals surface area contributed by atoms with E-state index in [0.717, 1.165) is 25.7 Å². The lowest BCUT2D eigenvalue weighted by atomic mass is 9.85. The van der Waals surface area contributed by atoms with E-state index >= 15 is 0 Å². The van der Waals surface area contributed by atoms with E-state index in [2.05, 4.69) is 52.4 Å². The van der Waals surface area contributed by atoms with Crippen molar-refractivity contribution in [3.05, 3.63) is 48.6 Å². The van der Waals surface area contributed by atoms with Crippen LogP contribution in [0.2, 0.25) is 0 Å². The number of rotatable bonds is 21. The molecule has 7 N–H and O–H groups in total. The molecule has 0 amide bonds. The fourth-order valence-electron chi connectivity index (χ4n) is 3.92. The Morgan fingerprint density at radius 1 is 0.738 bits per heavy atom. The number of esters is 1. The molecule has 0 radical (unpaired) electrons. The average molecular weight is 621 g/mol. The van der Waals surface area contributed by atoms with Crippen LogP contribution < -0.4 is 0 Å². The standard InChI is InChI=1S/C29H49O12P/c1-2-3-4-5-6-7-8-9-10-11-12-13-14-15-16-17-18-19-23(31)39-20-22(30)21-40-42(37,38)41-29-27(35)25(33)24(32)26(34)28(29)36/h6-7,9-10,12-13,15-16,22,24-30,32-36H,2-5,8,11,14,17-21H2,1H3,(H,37,38)/b7-6-,10-9-,13-12-,16-15-/t22-,24?,25-,26?,27?,28?,29?/m1/s1. The lowest BCUT2D eigenvalue weighted by Crippen LogP contribution is -2.64. The Bertz CT molecular complexity index is 889. The van der Waals surface area contributed by atoms with Crippen LogP contribution in [-0.2, 0) is 23.1 Å². The molecule has 1 aliphatic rings. The van der Waals surface area contributed by atoms with Gasteiger partial charge in [0.05, 0.1) is 6.61 Å². The van der Waals surface area contributed by atoms with E-state index in [0.29, 0.717) is 12.8 Å². The zero-order chi connectivity index (χ0) is 31.4. The van der Waals surface area contributed by atoms with Gasteiger partial charge in [-0.05, 0) is 44.9 Å². The predicted octanol–water partition coefficient (Wildman–Crippen LogP) is 2.36. The predicted molar refractivity (Wildman–Crippen MR) is 156 cm³/mol. The van der Waals surface area contributed by atoms with Crippen molar-refractivity contribution in [3.8, 4) is 0 Å². The van der Waals surface area contributed by atoms with Crippen LogP contribution in [0.1, 0.15) is 71.1 Å².